The van der Waals surface area contributed by atoms with Crippen molar-refractivity contribution in [2.75, 3.05) is 14.2 Å². The zero-order valence-corrected chi connectivity index (χ0v) is 14.7. The predicted octanol–water partition coefficient (Wildman–Crippen LogP) is 4.22. The van der Waals surface area contributed by atoms with Crippen LogP contribution in [0.4, 0.5) is 0 Å². The summed E-state index contributed by atoms with van der Waals surface area (Å²) in [6, 6.07) is 21.6. The Labute approximate surface area is 151 Å². The van der Waals surface area contributed by atoms with Crippen molar-refractivity contribution in [2.45, 2.75) is 6.54 Å². The summed E-state index contributed by atoms with van der Waals surface area (Å²) in [5, 5.41) is 1.88. The maximum atomic E-state index is 13.1. The van der Waals surface area contributed by atoms with Crippen molar-refractivity contribution in [3.05, 3.63) is 82.5 Å². The van der Waals surface area contributed by atoms with Gasteiger partial charge in [-0.3, -0.25) is 4.79 Å². The fourth-order valence-corrected chi connectivity index (χ4v) is 3.45. The van der Waals surface area contributed by atoms with Gasteiger partial charge >= 0.3 is 0 Å². The molecule has 0 aliphatic heterocycles. The molecule has 4 rings (SSSR count). The fourth-order valence-electron chi connectivity index (χ4n) is 3.45. The van der Waals surface area contributed by atoms with Crippen molar-refractivity contribution in [1.82, 2.24) is 4.57 Å². The van der Waals surface area contributed by atoms with Gasteiger partial charge in [-0.15, -0.1) is 0 Å². The third kappa shape index (κ3) is 2.60. The molecule has 0 aliphatic carbocycles. The van der Waals surface area contributed by atoms with E-state index in [4.69, 9.17) is 9.47 Å². The smallest absolute Gasteiger partial charge is 0.206 e. The Hall–Kier alpha value is -3.27. The van der Waals surface area contributed by atoms with Gasteiger partial charge in [-0.1, -0.05) is 48.5 Å². The highest BCUT2D eigenvalue weighted by Crippen LogP contribution is 2.33. The highest BCUT2D eigenvalue weighted by Gasteiger charge is 2.15. The molecule has 3 aromatic carbocycles. The number of ether oxygens (including phenoxy) is 2. The summed E-state index contributed by atoms with van der Waals surface area (Å²) in [7, 11) is 3.12. The molecule has 0 N–H and O–H groups in total. The summed E-state index contributed by atoms with van der Waals surface area (Å²) >= 11 is 0. The molecule has 0 spiro atoms. The molecule has 4 nitrogen and oxygen atoms in total. The van der Waals surface area contributed by atoms with Gasteiger partial charge in [0.05, 0.1) is 19.7 Å². The zero-order chi connectivity index (χ0) is 18.1. The minimum atomic E-state index is -0.0905. The SMILES string of the molecule is COc1cc(=O)c2c(cc1OC)c1ccccc1n2Cc1ccccc1. The Morgan fingerprint density at radius 3 is 2.19 bits per heavy atom. The van der Waals surface area contributed by atoms with Crippen LogP contribution in [0.2, 0.25) is 0 Å². The molecule has 0 saturated heterocycles. The third-order valence-corrected chi connectivity index (χ3v) is 4.65. The number of rotatable bonds is 4. The van der Waals surface area contributed by atoms with Crippen molar-refractivity contribution in [2.24, 2.45) is 0 Å². The van der Waals surface area contributed by atoms with Gasteiger partial charge in [0.1, 0.15) is 0 Å². The lowest BCUT2D eigenvalue weighted by molar-refractivity contribution is 0.356. The van der Waals surface area contributed by atoms with E-state index >= 15 is 0 Å². The average Bonchev–Trinajstić information content (AvgIpc) is 2.89. The number of fused-ring (bicyclic) bond motifs is 3. The summed E-state index contributed by atoms with van der Waals surface area (Å²) < 4.78 is 12.9. The standard InChI is InChI=1S/C22H19NO3/c1-25-20-12-17-16-10-6-7-11-18(16)23(14-15-8-4-3-5-9-15)22(17)19(24)13-21(20)26-2/h3-13H,14H2,1-2H3. The van der Waals surface area contributed by atoms with E-state index in [1.165, 1.54) is 13.2 Å². The molecule has 1 aromatic heterocycles. The van der Waals surface area contributed by atoms with Crippen LogP contribution in [-0.2, 0) is 6.54 Å². The molecule has 26 heavy (non-hydrogen) atoms. The molecule has 130 valence electrons. The van der Waals surface area contributed by atoms with E-state index < -0.39 is 0 Å². The van der Waals surface area contributed by atoms with E-state index in [0.717, 1.165) is 21.9 Å². The third-order valence-electron chi connectivity index (χ3n) is 4.65. The minimum Gasteiger partial charge on any atom is -0.493 e. The fraction of sp³-hybridized carbons (Fsp3) is 0.136. The van der Waals surface area contributed by atoms with E-state index in [9.17, 15) is 4.79 Å². The highest BCUT2D eigenvalue weighted by molar-refractivity contribution is 6.08. The maximum Gasteiger partial charge on any atom is 0.206 e. The second-order valence-electron chi connectivity index (χ2n) is 6.14. The molecule has 4 aromatic rings. The van der Waals surface area contributed by atoms with Gasteiger partial charge in [0.15, 0.2) is 11.5 Å². The number of hydrogen-bond donors (Lipinski definition) is 0. The van der Waals surface area contributed by atoms with E-state index in [0.29, 0.717) is 23.6 Å². The van der Waals surface area contributed by atoms with E-state index in [2.05, 4.69) is 16.7 Å². The molecular formula is C22H19NO3. The first-order chi connectivity index (χ1) is 12.7. The average molecular weight is 345 g/mol. The van der Waals surface area contributed by atoms with Crippen LogP contribution in [0.1, 0.15) is 5.56 Å². The van der Waals surface area contributed by atoms with Crippen LogP contribution >= 0.6 is 0 Å². The molecule has 1 heterocycles. The lowest BCUT2D eigenvalue weighted by Crippen LogP contribution is -2.07. The van der Waals surface area contributed by atoms with Crippen molar-refractivity contribution in [3.63, 3.8) is 0 Å². The van der Waals surface area contributed by atoms with E-state index in [-0.39, 0.29) is 5.43 Å². The molecule has 4 heteroatoms. The van der Waals surface area contributed by atoms with Crippen LogP contribution in [0.5, 0.6) is 11.5 Å². The topological polar surface area (TPSA) is 40.5 Å². The number of benzene rings is 2. The zero-order valence-electron chi connectivity index (χ0n) is 14.7. The van der Waals surface area contributed by atoms with Crippen molar-refractivity contribution >= 4 is 21.8 Å². The molecule has 0 bridgehead atoms. The van der Waals surface area contributed by atoms with Crippen LogP contribution in [0.3, 0.4) is 0 Å². The molecule has 0 aliphatic rings. The van der Waals surface area contributed by atoms with Gasteiger partial charge in [-0.05, 0) is 17.7 Å². The molecule has 0 atom stereocenters. The van der Waals surface area contributed by atoms with Gasteiger partial charge in [-0.25, -0.2) is 0 Å². The first-order valence-electron chi connectivity index (χ1n) is 8.44. The normalized spacial score (nSPS) is 11.0. The Morgan fingerprint density at radius 2 is 1.46 bits per heavy atom. The number of para-hydroxylation sites is 1. The summed E-state index contributed by atoms with van der Waals surface area (Å²) in [6.45, 7) is 0.620. The van der Waals surface area contributed by atoms with Crippen LogP contribution < -0.4 is 14.9 Å². The second kappa shape index (κ2) is 6.56. The lowest BCUT2D eigenvalue weighted by atomic mass is 10.2. The Balaban J connectivity index is 2.12. The Morgan fingerprint density at radius 1 is 0.808 bits per heavy atom. The van der Waals surface area contributed by atoms with Gasteiger partial charge in [0.25, 0.3) is 0 Å². The Kier molecular flexibility index (Phi) is 4.09. The number of aromatic nitrogens is 1. The van der Waals surface area contributed by atoms with Crippen molar-refractivity contribution in [3.8, 4) is 11.5 Å². The highest BCUT2D eigenvalue weighted by atomic mass is 16.5. The monoisotopic (exact) mass is 345 g/mol. The van der Waals surface area contributed by atoms with Crippen molar-refractivity contribution < 1.29 is 9.47 Å². The second-order valence-corrected chi connectivity index (χ2v) is 6.14. The van der Waals surface area contributed by atoms with Gasteiger partial charge in [0.2, 0.25) is 5.43 Å². The summed E-state index contributed by atoms with van der Waals surface area (Å²) in [5.41, 5.74) is 2.72. The number of methoxy groups -OCH3 is 2. The predicted molar refractivity (Wildman–Crippen MR) is 104 cm³/mol. The number of nitrogens with zero attached hydrogens (tertiary/aromatic N) is 1. The van der Waals surface area contributed by atoms with Crippen LogP contribution in [0.25, 0.3) is 21.8 Å². The molecule has 0 unspecified atom stereocenters. The van der Waals surface area contributed by atoms with Crippen LogP contribution in [0, 0.1) is 0 Å². The minimum absolute atomic E-state index is 0.0905. The molecular weight excluding hydrogens is 326 g/mol. The van der Waals surface area contributed by atoms with Gasteiger partial charge < -0.3 is 14.0 Å². The van der Waals surface area contributed by atoms with E-state index in [1.807, 2.05) is 48.5 Å². The lowest BCUT2D eigenvalue weighted by Gasteiger charge is -2.06. The van der Waals surface area contributed by atoms with Crippen molar-refractivity contribution in [1.29, 1.82) is 0 Å². The van der Waals surface area contributed by atoms with E-state index in [1.54, 1.807) is 7.11 Å². The van der Waals surface area contributed by atoms with Crippen LogP contribution in [-0.4, -0.2) is 18.8 Å². The summed E-state index contributed by atoms with van der Waals surface area (Å²) in [5.74, 6) is 0.978. The molecule has 0 saturated carbocycles. The van der Waals surface area contributed by atoms with Gasteiger partial charge in [-0.2, -0.15) is 0 Å². The molecule has 0 fully saturated rings. The summed E-state index contributed by atoms with van der Waals surface area (Å²) in [4.78, 5) is 13.1. The van der Waals surface area contributed by atoms with Crippen LogP contribution in [0.15, 0.2) is 71.5 Å². The first-order valence-corrected chi connectivity index (χ1v) is 8.44. The largest absolute Gasteiger partial charge is 0.493 e. The number of hydrogen-bond acceptors (Lipinski definition) is 3. The quantitative estimate of drug-likeness (QED) is 0.556. The van der Waals surface area contributed by atoms with Gasteiger partial charge in [0, 0.05) is 28.9 Å². The molecule has 0 radical (unpaired) electrons. The Bertz CT molecular complexity index is 1150. The maximum absolute atomic E-state index is 13.1. The molecule has 0 amide bonds. The summed E-state index contributed by atoms with van der Waals surface area (Å²) in [6.07, 6.45) is 0. The first kappa shape index (κ1) is 16.2.